The summed E-state index contributed by atoms with van der Waals surface area (Å²) < 4.78 is 0. The molecule has 1 heterocycles. The van der Waals surface area contributed by atoms with Crippen molar-refractivity contribution in [1.82, 2.24) is 9.97 Å². The fourth-order valence-corrected chi connectivity index (χ4v) is 2.96. The number of fused-ring (bicyclic) bond motifs is 2. The van der Waals surface area contributed by atoms with Gasteiger partial charge in [-0.3, -0.25) is 4.79 Å². The van der Waals surface area contributed by atoms with E-state index >= 15 is 0 Å². The molecule has 0 radical (unpaired) electrons. The number of amides is 1. The van der Waals surface area contributed by atoms with Crippen LogP contribution in [-0.2, 0) is 11.2 Å². The van der Waals surface area contributed by atoms with Gasteiger partial charge in [-0.1, -0.05) is 36.4 Å². The first-order valence-corrected chi connectivity index (χ1v) is 8.15. The zero-order valence-corrected chi connectivity index (χ0v) is 13.5. The monoisotopic (exact) mass is 331 g/mol. The van der Waals surface area contributed by atoms with E-state index in [4.69, 9.17) is 0 Å². The second-order valence-electron chi connectivity index (χ2n) is 5.93. The van der Waals surface area contributed by atoms with Crippen molar-refractivity contribution in [2.75, 3.05) is 5.32 Å². The van der Waals surface area contributed by atoms with Crippen molar-refractivity contribution in [1.29, 1.82) is 0 Å². The smallest absolute Gasteiger partial charge is 0.224 e. The van der Waals surface area contributed by atoms with Crippen LogP contribution in [0.1, 0.15) is 12.2 Å². The molecule has 4 rings (SSSR count). The molecule has 0 aliphatic carbocycles. The number of nitrogens with one attached hydrogen (secondary N) is 2. The Balaban J connectivity index is 1.48. The Kier molecular flexibility index (Phi) is 3.82. The fraction of sp³-hybridized carbons (Fsp3) is 0.100. The first kappa shape index (κ1) is 15.2. The number of hydrogen-bond acceptors (Lipinski definition) is 3. The lowest BCUT2D eigenvalue weighted by molar-refractivity contribution is -0.116. The summed E-state index contributed by atoms with van der Waals surface area (Å²) in [5, 5.41) is 14.4. The number of imidazole rings is 1. The molecule has 0 fully saturated rings. The molecule has 0 saturated heterocycles. The van der Waals surface area contributed by atoms with E-state index < -0.39 is 0 Å². The normalized spacial score (nSPS) is 11.0. The van der Waals surface area contributed by atoms with Gasteiger partial charge in [0.25, 0.3) is 0 Å². The van der Waals surface area contributed by atoms with Gasteiger partial charge in [0.15, 0.2) is 0 Å². The predicted octanol–water partition coefficient (Wildman–Crippen LogP) is 3.99. The highest BCUT2D eigenvalue weighted by molar-refractivity contribution is 6.04. The van der Waals surface area contributed by atoms with E-state index in [1.807, 2.05) is 48.5 Å². The Hall–Kier alpha value is -3.34. The van der Waals surface area contributed by atoms with Gasteiger partial charge >= 0.3 is 0 Å². The third kappa shape index (κ3) is 3.04. The minimum Gasteiger partial charge on any atom is -0.507 e. The Labute approximate surface area is 144 Å². The molecule has 1 amide bonds. The van der Waals surface area contributed by atoms with Gasteiger partial charge in [-0.05, 0) is 24.3 Å². The van der Waals surface area contributed by atoms with Gasteiger partial charge in [-0.2, -0.15) is 0 Å². The average molecular weight is 331 g/mol. The van der Waals surface area contributed by atoms with E-state index in [9.17, 15) is 9.90 Å². The van der Waals surface area contributed by atoms with E-state index in [2.05, 4.69) is 15.3 Å². The van der Waals surface area contributed by atoms with Gasteiger partial charge in [-0.15, -0.1) is 0 Å². The number of hydrogen-bond donors (Lipinski definition) is 3. The quantitative estimate of drug-likeness (QED) is 0.495. The number of anilines is 1. The number of benzene rings is 3. The minimum absolute atomic E-state index is 0.0868. The lowest BCUT2D eigenvalue weighted by Crippen LogP contribution is -2.13. The summed E-state index contributed by atoms with van der Waals surface area (Å²) in [5.41, 5.74) is 2.58. The van der Waals surface area contributed by atoms with Crippen LogP contribution in [0, 0.1) is 0 Å². The van der Waals surface area contributed by atoms with Gasteiger partial charge in [0.05, 0.1) is 11.0 Å². The van der Waals surface area contributed by atoms with Crippen molar-refractivity contribution < 1.29 is 9.90 Å². The van der Waals surface area contributed by atoms with Crippen LogP contribution in [0.3, 0.4) is 0 Å². The van der Waals surface area contributed by atoms with Gasteiger partial charge in [-0.25, -0.2) is 4.98 Å². The number of aromatic amines is 1. The average Bonchev–Trinajstić information content (AvgIpc) is 3.06. The molecule has 0 spiro atoms. The molecule has 0 saturated carbocycles. The van der Waals surface area contributed by atoms with E-state index in [0.29, 0.717) is 18.5 Å². The van der Waals surface area contributed by atoms with E-state index in [-0.39, 0.29) is 11.7 Å². The van der Waals surface area contributed by atoms with Crippen LogP contribution in [0.15, 0.2) is 60.7 Å². The van der Waals surface area contributed by atoms with Crippen molar-refractivity contribution >= 4 is 33.4 Å². The molecule has 1 aromatic heterocycles. The largest absolute Gasteiger partial charge is 0.507 e. The summed E-state index contributed by atoms with van der Waals surface area (Å²) in [5.74, 6) is 0.916. The maximum absolute atomic E-state index is 12.3. The molecule has 25 heavy (non-hydrogen) atoms. The third-order valence-electron chi connectivity index (χ3n) is 4.20. The SMILES string of the molecule is O=C(CCc1nc2ccccc2[nH]1)Nc1ccc(O)c2ccccc12. The van der Waals surface area contributed by atoms with Crippen LogP contribution < -0.4 is 5.32 Å². The lowest BCUT2D eigenvalue weighted by Gasteiger charge is -2.09. The molecular weight excluding hydrogens is 314 g/mol. The Bertz CT molecular complexity index is 1040. The molecule has 3 aromatic carbocycles. The van der Waals surface area contributed by atoms with Gasteiger partial charge in [0.2, 0.25) is 5.91 Å². The van der Waals surface area contributed by atoms with Crippen LogP contribution in [0.25, 0.3) is 21.8 Å². The number of para-hydroxylation sites is 2. The van der Waals surface area contributed by atoms with Crippen LogP contribution >= 0.6 is 0 Å². The number of rotatable bonds is 4. The fourth-order valence-electron chi connectivity index (χ4n) is 2.96. The van der Waals surface area contributed by atoms with E-state index in [0.717, 1.165) is 27.6 Å². The molecule has 0 atom stereocenters. The number of phenols is 1. The second-order valence-corrected chi connectivity index (χ2v) is 5.93. The van der Waals surface area contributed by atoms with Crippen LogP contribution in [0.5, 0.6) is 5.75 Å². The number of aromatic nitrogens is 2. The van der Waals surface area contributed by atoms with Crippen LogP contribution in [0.2, 0.25) is 0 Å². The third-order valence-corrected chi connectivity index (χ3v) is 4.20. The summed E-state index contributed by atoms with van der Waals surface area (Å²) in [6, 6.07) is 18.6. The van der Waals surface area contributed by atoms with E-state index in [1.54, 1.807) is 12.1 Å². The van der Waals surface area contributed by atoms with E-state index in [1.165, 1.54) is 0 Å². The zero-order valence-electron chi connectivity index (χ0n) is 13.5. The lowest BCUT2D eigenvalue weighted by atomic mass is 10.1. The van der Waals surface area contributed by atoms with Crippen molar-refractivity contribution in [2.24, 2.45) is 0 Å². The Morgan fingerprint density at radius 3 is 2.60 bits per heavy atom. The summed E-state index contributed by atoms with van der Waals surface area (Å²) in [7, 11) is 0. The second kappa shape index (κ2) is 6.28. The summed E-state index contributed by atoms with van der Waals surface area (Å²) in [4.78, 5) is 20.0. The number of H-pyrrole nitrogens is 1. The highest BCUT2D eigenvalue weighted by Crippen LogP contribution is 2.30. The number of aryl methyl sites for hydroxylation is 1. The van der Waals surface area contributed by atoms with Crippen molar-refractivity contribution in [3.05, 3.63) is 66.5 Å². The molecule has 5 nitrogen and oxygen atoms in total. The Morgan fingerprint density at radius 2 is 1.76 bits per heavy atom. The molecule has 4 aromatic rings. The molecule has 0 aliphatic heterocycles. The van der Waals surface area contributed by atoms with Crippen molar-refractivity contribution in [2.45, 2.75) is 12.8 Å². The summed E-state index contributed by atoms with van der Waals surface area (Å²) in [6.07, 6.45) is 0.867. The highest BCUT2D eigenvalue weighted by Gasteiger charge is 2.10. The minimum atomic E-state index is -0.0868. The van der Waals surface area contributed by atoms with Gasteiger partial charge in [0.1, 0.15) is 11.6 Å². The molecule has 0 aliphatic rings. The Morgan fingerprint density at radius 1 is 1.00 bits per heavy atom. The first-order valence-electron chi connectivity index (χ1n) is 8.15. The molecule has 0 unspecified atom stereocenters. The molecule has 0 bridgehead atoms. The number of carbonyl (C=O) groups is 1. The number of carbonyl (C=O) groups excluding carboxylic acids is 1. The number of nitrogens with zero attached hydrogens (tertiary/aromatic N) is 1. The molecular formula is C20H17N3O2. The summed E-state index contributed by atoms with van der Waals surface area (Å²) in [6.45, 7) is 0. The topological polar surface area (TPSA) is 78.0 Å². The highest BCUT2D eigenvalue weighted by atomic mass is 16.3. The van der Waals surface area contributed by atoms with Crippen LogP contribution in [-0.4, -0.2) is 21.0 Å². The zero-order chi connectivity index (χ0) is 17.2. The van der Waals surface area contributed by atoms with Gasteiger partial charge < -0.3 is 15.4 Å². The maximum atomic E-state index is 12.3. The van der Waals surface area contributed by atoms with Crippen LogP contribution in [0.4, 0.5) is 5.69 Å². The summed E-state index contributed by atoms with van der Waals surface area (Å²) >= 11 is 0. The predicted molar refractivity (Wildman–Crippen MR) is 98.7 cm³/mol. The first-order chi connectivity index (χ1) is 12.2. The molecule has 3 N–H and O–H groups in total. The van der Waals surface area contributed by atoms with Crippen molar-refractivity contribution in [3.63, 3.8) is 0 Å². The molecule has 5 heteroatoms. The number of phenolic OH excluding ortho intramolecular Hbond substituents is 1. The standard InChI is InChI=1S/C20H17N3O2/c24-18-10-9-15(13-5-1-2-6-14(13)18)23-20(25)12-11-19-21-16-7-3-4-8-17(16)22-19/h1-10,24H,11-12H2,(H,21,22)(H,23,25). The maximum Gasteiger partial charge on any atom is 0.224 e. The van der Waals surface area contributed by atoms with Gasteiger partial charge in [0, 0.05) is 29.3 Å². The number of aromatic hydroxyl groups is 1. The van der Waals surface area contributed by atoms with Crippen molar-refractivity contribution in [3.8, 4) is 5.75 Å². The molecule has 124 valence electrons.